The zero-order valence-electron chi connectivity index (χ0n) is 14.3. The standard InChI is InChI=1S/C19H23NO2.Na/c1-13(2)18(19(21)22)20-12-15-5-4-6-17(11-15)16-9-7-14(3)8-10-16;/h4-11,13,18,20H,12H2,1-3H3,(H,21,22);/q;+1/p-1. The zero-order valence-corrected chi connectivity index (χ0v) is 16.3. The molecular formula is C19H22NNaO2. The van der Waals surface area contributed by atoms with Crippen molar-refractivity contribution in [2.45, 2.75) is 33.4 Å². The smallest absolute Gasteiger partial charge is 0.548 e. The van der Waals surface area contributed by atoms with Crippen molar-refractivity contribution in [2.24, 2.45) is 5.92 Å². The second kappa shape index (κ2) is 9.24. The molecular weight excluding hydrogens is 297 g/mol. The van der Waals surface area contributed by atoms with E-state index in [2.05, 4.69) is 48.6 Å². The van der Waals surface area contributed by atoms with Crippen LogP contribution in [0.3, 0.4) is 0 Å². The number of nitrogens with one attached hydrogen (secondary N) is 1. The fourth-order valence-corrected chi connectivity index (χ4v) is 2.43. The molecule has 0 heterocycles. The molecule has 1 atom stereocenters. The summed E-state index contributed by atoms with van der Waals surface area (Å²) in [6, 6.07) is 15.9. The average molecular weight is 319 g/mol. The van der Waals surface area contributed by atoms with Crippen LogP contribution in [0.1, 0.15) is 25.0 Å². The quantitative estimate of drug-likeness (QED) is 0.733. The predicted octanol–water partition coefficient (Wildman–Crippen LogP) is -0.470. The van der Waals surface area contributed by atoms with Gasteiger partial charge < -0.3 is 15.2 Å². The molecule has 0 radical (unpaired) electrons. The van der Waals surface area contributed by atoms with Crippen molar-refractivity contribution >= 4 is 5.97 Å². The van der Waals surface area contributed by atoms with Crippen molar-refractivity contribution < 1.29 is 39.5 Å². The minimum Gasteiger partial charge on any atom is -0.548 e. The molecule has 0 saturated heterocycles. The maximum absolute atomic E-state index is 11.1. The number of aryl methyl sites for hydroxylation is 1. The Balaban J connectivity index is 0.00000264. The van der Waals surface area contributed by atoms with Crippen molar-refractivity contribution in [1.29, 1.82) is 0 Å². The van der Waals surface area contributed by atoms with Gasteiger partial charge in [-0.1, -0.05) is 61.9 Å². The number of carboxylic acid groups (broad SMARTS) is 1. The number of aliphatic carboxylic acids is 1. The van der Waals surface area contributed by atoms with Gasteiger partial charge in [-0.2, -0.15) is 0 Å². The first-order valence-electron chi connectivity index (χ1n) is 7.57. The molecule has 4 heteroatoms. The number of rotatable bonds is 6. The van der Waals surface area contributed by atoms with Crippen LogP contribution in [-0.4, -0.2) is 12.0 Å². The van der Waals surface area contributed by atoms with E-state index in [4.69, 9.17) is 0 Å². The van der Waals surface area contributed by atoms with Gasteiger partial charge in [-0.05, 0) is 35.6 Å². The Morgan fingerprint density at radius 1 is 1.09 bits per heavy atom. The van der Waals surface area contributed by atoms with E-state index in [0.717, 1.165) is 16.7 Å². The Morgan fingerprint density at radius 3 is 2.30 bits per heavy atom. The number of carboxylic acids is 1. The summed E-state index contributed by atoms with van der Waals surface area (Å²) in [5.41, 5.74) is 4.59. The van der Waals surface area contributed by atoms with Crippen LogP contribution in [0.15, 0.2) is 48.5 Å². The van der Waals surface area contributed by atoms with Crippen molar-refractivity contribution in [2.75, 3.05) is 0 Å². The number of hydrogen-bond donors (Lipinski definition) is 1. The van der Waals surface area contributed by atoms with Crippen LogP contribution in [0.25, 0.3) is 11.1 Å². The molecule has 0 amide bonds. The SMILES string of the molecule is Cc1ccc(-c2cccc(CNC(C(=O)[O-])C(C)C)c2)cc1.[Na+]. The van der Waals surface area contributed by atoms with Gasteiger partial charge >= 0.3 is 29.6 Å². The van der Waals surface area contributed by atoms with Crippen LogP contribution in [0, 0.1) is 12.8 Å². The summed E-state index contributed by atoms with van der Waals surface area (Å²) < 4.78 is 0. The maximum Gasteiger partial charge on any atom is 1.00 e. The summed E-state index contributed by atoms with van der Waals surface area (Å²) in [7, 11) is 0. The van der Waals surface area contributed by atoms with Gasteiger partial charge in [-0.15, -0.1) is 0 Å². The second-order valence-corrected chi connectivity index (χ2v) is 5.99. The molecule has 3 nitrogen and oxygen atoms in total. The molecule has 2 aromatic carbocycles. The van der Waals surface area contributed by atoms with Crippen LogP contribution in [0.5, 0.6) is 0 Å². The van der Waals surface area contributed by atoms with Crippen LogP contribution < -0.4 is 40.0 Å². The largest absolute Gasteiger partial charge is 1.00 e. The molecule has 1 N–H and O–H groups in total. The van der Waals surface area contributed by atoms with E-state index in [0.29, 0.717) is 6.54 Å². The molecule has 0 bridgehead atoms. The number of carbonyl (C=O) groups is 1. The Bertz CT molecular complexity index is 638. The Morgan fingerprint density at radius 2 is 1.74 bits per heavy atom. The summed E-state index contributed by atoms with van der Waals surface area (Å²) in [4.78, 5) is 11.1. The van der Waals surface area contributed by atoms with Gasteiger partial charge in [0.15, 0.2) is 0 Å². The summed E-state index contributed by atoms with van der Waals surface area (Å²) >= 11 is 0. The summed E-state index contributed by atoms with van der Waals surface area (Å²) in [5.74, 6) is -1.06. The van der Waals surface area contributed by atoms with Crippen LogP contribution in [-0.2, 0) is 11.3 Å². The van der Waals surface area contributed by atoms with Crippen molar-refractivity contribution in [3.8, 4) is 11.1 Å². The minimum absolute atomic E-state index is 0. The first-order chi connectivity index (χ1) is 10.5. The van der Waals surface area contributed by atoms with Crippen molar-refractivity contribution in [3.63, 3.8) is 0 Å². The van der Waals surface area contributed by atoms with Gasteiger partial charge in [0.1, 0.15) is 0 Å². The Labute approximate surface area is 160 Å². The normalized spacial score (nSPS) is 11.8. The van der Waals surface area contributed by atoms with E-state index < -0.39 is 12.0 Å². The first-order valence-corrected chi connectivity index (χ1v) is 7.57. The molecule has 0 aliphatic rings. The minimum atomic E-state index is -1.05. The molecule has 0 aliphatic heterocycles. The van der Waals surface area contributed by atoms with Gasteiger partial charge in [0.25, 0.3) is 0 Å². The van der Waals surface area contributed by atoms with Gasteiger partial charge in [0, 0.05) is 12.6 Å². The summed E-state index contributed by atoms with van der Waals surface area (Å²) in [6.07, 6.45) is 0. The third-order valence-electron chi connectivity index (χ3n) is 3.76. The first kappa shape index (κ1) is 19.9. The Hall–Kier alpha value is -1.13. The fraction of sp³-hybridized carbons (Fsp3) is 0.316. The number of carbonyl (C=O) groups excluding carboxylic acids is 1. The summed E-state index contributed by atoms with van der Waals surface area (Å²) in [6.45, 7) is 6.32. The molecule has 1 unspecified atom stereocenters. The van der Waals surface area contributed by atoms with Gasteiger partial charge in [0.2, 0.25) is 0 Å². The summed E-state index contributed by atoms with van der Waals surface area (Å²) in [5, 5.41) is 14.2. The van der Waals surface area contributed by atoms with E-state index in [1.807, 2.05) is 26.0 Å². The van der Waals surface area contributed by atoms with Crippen LogP contribution in [0.2, 0.25) is 0 Å². The molecule has 2 aromatic rings. The molecule has 0 saturated carbocycles. The zero-order chi connectivity index (χ0) is 16.1. The van der Waals surface area contributed by atoms with Crippen molar-refractivity contribution in [3.05, 3.63) is 59.7 Å². The van der Waals surface area contributed by atoms with E-state index in [1.165, 1.54) is 5.56 Å². The molecule has 116 valence electrons. The Kier molecular flexibility index (Phi) is 8.00. The van der Waals surface area contributed by atoms with E-state index >= 15 is 0 Å². The van der Waals surface area contributed by atoms with E-state index in [-0.39, 0.29) is 35.5 Å². The van der Waals surface area contributed by atoms with Gasteiger partial charge in [0.05, 0.1) is 5.97 Å². The third kappa shape index (κ3) is 5.78. The van der Waals surface area contributed by atoms with E-state index in [1.54, 1.807) is 0 Å². The maximum atomic E-state index is 11.1. The monoisotopic (exact) mass is 319 g/mol. The average Bonchev–Trinajstić information content (AvgIpc) is 2.48. The number of hydrogen-bond acceptors (Lipinski definition) is 3. The van der Waals surface area contributed by atoms with Gasteiger partial charge in [-0.3, -0.25) is 0 Å². The van der Waals surface area contributed by atoms with Gasteiger partial charge in [-0.25, -0.2) is 0 Å². The topological polar surface area (TPSA) is 52.2 Å². The second-order valence-electron chi connectivity index (χ2n) is 5.99. The molecule has 0 aliphatic carbocycles. The predicted molar refractivity (Wildman–Crippen MR) is 87.1 cm³/mol. The van der Waals surface area contributed by atoms with Crippen molar-refractivity contribution in [1.82, 2.24) is 5.32 Å². The molecule has 0 aromatic heterocycles. The molecule has 0 fully saturated rings. The molecule has 2 rings (SSSR count). The molecule has 0 spiro atoms. The third-order valence-corrected chi connectivity index (χ3v) is 3.76. The van der Waals surface area contributed by atoms with E-state index in [9.17, 15) is 9.90 Å². The fourth-order valence-electron chi connectivity index (χ4n) is 2.43. The number of benzene rings is 2. The van der Waals surface area contributed by atoms with Crippen LogP contribution >= 0.6 is 0 Å². The van der Waals surface area contributed by atoms with Crippen LogP contribution in [0.4, 0.5) is 0 Å². The molecule has 23 heavy (non-hydrogen) atoms.